The lowest BCUT2D eigenvalue weighted by Crippen LogP contribution is -2.40. The first kappa shape index (κ1) is 41.6. The van der Waals surface area contributed by atoms with Crippen molar-refractivity contribution < 1.29 is 33.4 Å². The molecule has 0 heterocycles. The number of ether oxygens (including phenoxy) is 2. The Hall–Kier alpha value is -0.530. The highest BCUT2D eigenvalue weighted by atomic mass is 31.2. The molecule has 0 spiro atoms. The summed E-state index contributed by atoms with van der Waals surface area (Å²) in [5.74, 6) is 0. The van der Waals surface area contributed by atoms with Crippen LogP contribution in [0.2, 0.25) is 0 Å². The highest BCUT2D eigenvalue weighted by Crippen LogP contribution is 2.41. The molecule has 40 heavy (non-hydrogen) atoms. The van der Waals surface area contributed by atoms with Crippen molar-refractivity contribution in [1.29, 1.82) is 0 Å². The molecule has 8 heteroatoms. The molecule has 0 saturated heterocycles. The quantitative estimate of drug-likeness (QED) is 0.0413. The third kappa shape index (κ3) is 35.5. The van der Waals surface area contributed by atoms with E-state index < -0.39 is 19.4 Å². The van der Waals surface area contributed by atoms with E-state index in [9.17, 15) is 9.67 Å². The minimum absolute atomic E-state index is 0.347. The molecule has 0 aromatic carbocycles. The number of quaternary nitrogens is 1. The third-order valence-corrected chi connectivity index (χ3v) is 7.83. The summed E-state index contributed by atoms with van der Waals surface area (Å²) in [6.45, 7) is 5.77. The molecule has 7 nitrogen and oxygen atoms in total. The van der Waals surface area contributed by atoms with Crippen LogP contribution in [0.1, 0.15) is 117 Å². The van der Waals surface area contributed by atoms with Crippen LogP contribution < -0.4 is 0 Å². The maximum Gasteiger partial charge on any atom is 0.333 e. The normalized spacial score (nSPS) is 14.0. The van der Waals surface area contributed by atoms with Crippen molar-refractivity contribution in [1.82, 2.24) is 0 Å². The Morgan fingerprint density at radius 3 is 1.52 bits per heavy atom. The van der Waals surface area contributed by atoms with Crippen molar-refractivity contribution in [3.05, 3.63) is 24.3 Å². The average molecular weight is 593 g/mol. The van der Waals surface area contributed by atoms with Gasteiger partial charge < -0.3 is 28.9 Å². The molecule has 0 rings (SSSR count). The van der Waals surface area contributed by atoms with Crippen molar-refractivity contribution in [3.8, 4) is 0 Å². The first-order chi connectivity index (χ1) is 18.9. The molecular formula is C32H67NO6P+. The molecule has 0 aliphatic carbocycles. The van der Waals surface area contributed by atoms with E-state index in [1.807, 2.05) is 21.1 Å². The maximum absolute atomic E-state index is 10.7. The summed E-state index contributed by atoms with van der Waals surface area (Å²) >= 11 is 0. The summed E-state index contributed by atoms with van der Waals surface area (Å²) in [6, 6.07) is 0. The van der Waals surface area contributed by atoms with E-state index in [0.29, 0.717) is 24.2 Å². The molecule has 1 unspecified atom stereocenters. The summed E-state index contributed by atoms with van der Waals surface area (Å²) in [7, 11) is 3.45. The Bertz CT molecular complexity index is 629. The SMILES string of the molecule is CC(C[N+](C)(C)C)P(=O)(O)O.CCCC/C=C\CCCCCCCCCC/C=C\CCCCOC[C@@H](O)COC. The van der Waals surface area contributed by atoms with Crippen LogP contribution in [0, 0.1) is 0 Å². The van der Waals surface area contributed by atoms with E-state index in [0.717, 1.165) is 25.9 Å². The zero-order chi connectivity index (χ0) is 30.5. The minimum Gasteiger partial charge on any atom is -0.388 e. The first-order valence-corrected chi connectivity index (χ1v) is 17.5. The second kappa shape index (κ2) is 28.6. The van der Waals surface area contributed by atoms with Crippen LogP contribution in [0.5, 0.6) is 0 Å². The van der Waals surface area contributed by atoms with Crippen LogP contribution in [-0.4, -0.2) is 85.8 Å². The minimum atomic E-state index is -3.87. The van der Waals surface area contributed by atoms with Gasteiger partial charge in [0.05, 0.1) is 40.9 Å². The van der Waals surface area contributed by atoms with E-state index in [1.54, 1.807) is 14.0 Å². The lowest BCUT2D eigenvalue weighted by atomic mass is 10.1. The summed E-state index contributed by atoms with van der Waals surface area (Å²) in [6.07, 6.45) is 29.8. The van der Waals surface area contributed by atoms with Crippen molar-refractivity contribution in [2.75, 3.05) is 54.6 Å². The molecule has 3 N–H and O–H groups in total. The number of unbranched alkanes of at least 4 members (excludes halogenated alkanes) is 13. The predicted octanol–water partition coefficient (Wildman–Crippen LogP) is 7.64. The second-order valence-electron chi connectivity index (χ2n) is 12.1. The van der Waals surface area contributed by atoms with E-state index in [-0.39, 0.29) is 0 Å². The maximum atomic E-state index is 10.7. The largest absolute Gasteiger partial charge is 0.388 e. The number of aliphatic hydroxyl groups is 1. The van der Waals surface area contributed by atoms with Gasteiger partial charge in [0.25, 0.3) is 0 Å². The molecule has 0 fully saturated rings. The number of methoxy groups -OCH3 is 1. The van der Waals surface area contributed by atoms with Crippen LogP contribution >= 0.6 is 7.60 Å². The summed E-state index contributed by atoms with van der Waals surface area (Å²) < 4.78 is 21.6. The highest BCUT2D eigenvalue weighted by Gasteiger charge is 2.28. The Balaban J connectivity index is 0. The van der Waals surface area contributed by atoms with Gasteiger partial charge >= 0.3 is 7.60 Å². The topological polar surface area (TPSA) is 96.2 Å². The molecule has 240 valence electrons. The molecular weight excluding hydrogens is 525 g/mol. The Morgan fingerprint density at radius 2 is 1.15 bits per heavy atom. The fraction of sp³-hybridized carbons (Fsp3) is 0.875. The third-order valence-electron chi connectivity index (χ3n) is 6.51. The second-order valence-corrected chi connectivity index (χ2v) is 14.1. The molecule has 2 atom stereocenters. The zero-order valence-corrected chi connectivity index (χ0v) is 28.0. The van der Waals surface area contributed by atoms with Crippen LogP contribution in [0.3, 0.4) is 0 Å². The van der Waals surface area contributed by atoms with E-state index in [1.165, 1.54) is 83.5 Å². The fourth-order valence-corrected chi connectivity index (χ4v) is 4.91. The van der Waals surface area contributed by atoms with Gasteiger partial charge in [0.1, 0.15) is 11.8 Å². The molecule has 0 aliphatic rings. The fourth-order valence-electron chi connectivity index (χ4n) is 4.20. The van der Waals surface area contributed by atoms with Gasteiger partial charge in [-0.2, -0.15) is 0 Å². The lowest BCUT2D eigenvalue weighted by Gasteiger charge is -2.27. The average Bonchev–Trinajstić information content (AvgIpc) is 2.86. The molecule has 0 saturated carbocycles. The number of aliphatic hydroxyl groups excluding tert-OH is 1. The Kier molecular flexibility index (Phi) is 29.7. The number of hydrogen-bond donors (Lipinski definition) is 3. The van der Waals surface area contributed by atoms with Crippen molar-refractivity contribution in [3.63, 3.8) is 0 Å². The Labute approximate surface area is 248 Å². The molecule has 0 aromatic heterocycles. The van der Waals surface area contributed by atoms with Gasteiger partial charge in [-0.15, -0.1) is 0 Å². The molecule has 0 aliphatic heterocycles. The van der Waals surface area contributed by atoms with Crippen LogP contribution in [-0.2, 0) is 14.0 Å². The van der Waals surface area contributed by atoms with Gasteiger partial charge in [-0.05, 0) is 58.3 Å². The van der Waals surface area contributed by atoms with Gasteiger partial charge in [0, 0.05) is 13.7 Å². The standard InChI is InChI=1S/C26H50O3.C6H16NO3P/c1-3-4-5-6-7-8-9-10-11-12-13-14-15-16-17-18-19-20-21-22-23-29-25-26(27)24-28-2;1-6(11(8,9)10)5-7(2,3)4/h6-7,18-19,26-27H,3-5,8-17,20-25H2,1-2H3;6H,5H2,1-4H3,(H-,8,9,10)/p+1/b7-6-,19-18-;/t26-;/m0./s1. The number of hydrogen-bond acceptors (Lipinski definition) is 4. The zero-order valence-electron chi connectivity index (χ0n) is 27.1. The van der Waals surface area contributed by atoms with E-state index >= 15 is 0 Å². The van der Waals surface area contributed by atoms with Crippen LogP contribution in [0.4, 0.5) is 0 Å². The molecule has 0 bridgehead atoms. The van der Waals surface area contributed by atoms with Crippen molar-refractivity contribution >= 4 is 7.60 Å². The highest BCUT2D eigenvalue weighted by molar-refractivity contribution is 7.52. The number of rotatable bonds is 26. The number of nitrogens with zero attached hydrogens (tertiary/aromatic N) is 1. The van der Waals surface area contributed by atoms with E-state index in [2.05, 4.69) is 31.2 Å². The monoisotopic (exact) mass is 592 g/mol. The molecule has 0 aromatic rings. The van der Waals surface area contributed by atoms with Gasteiger partial charge in [-0.1, -0.05) is 82.6 Å². The van der Waals surface area contributed by atoms with Gasteiger partial charge in [0.15, 0.2) is 0 Å². The van der Waals surface area contributed by atoms with Gasteiger partial charge in [0.2, 0.25) is 0 Å². The summed E-state index contributed by atoms with van der Waals surface area (Å²) in [5.41, 5.74) is -0.553. The van der Waals surface area contributed by atoms with Crippen LogP contribution in [0.15, 0.2) is 24.3 Å². The van der Waals surface area contributed by atoms with Crippen LogP contribution in [0.25, 0.3) is 0 Å². The number of allylic oxidation sites excluding steroid dienone is 4. The molecule has 0 radical (unpaired) electrons. The van der Waals surface area contributed by atoms with Gasteiger partial charge in [-0.3, -0.25) is 4.57 Å². The smallest absolute Gasteiger partial charge is 0.333 e. The van der Waals surface area contributed by atoms with Crippen molar-refractivity contribution in [2.24, 2.45) is 0 Å². The van der Waals surface area contributed by atoms with Crippen molar-refractivity contribution in [2.45, 2.75) is 128 Å². The van der Waals surface area contributed by atoms with E-state index in [4.69, 9.17) is 19.3 Å². The summed E-state index contributed by atoms with van der Waals surface area (Å²) in [4.78, 5) is 17.5. The summed E-state index contributed by atoms with van der Waals surface area (Å²) in [5, 5.41) is 9.45. The predicted molar refractivity (Wildman–Crippen MR) is 171 cm³/mol. The first-order valence-electron chi connectivity index (χ1n) is 15.8. The lowest BCUT2D eigenvalue weighted by molar-refractivity contribution is -0.869. The molecule has 0 amide bonds. The van der Waals surface area contributed by atoms with Gasteiger partial charge in [-0.25, -0.2) is 0 Å². The Morgan fingerprint density at radius 1 is 0.725 bits per heavy atom.